The fraction of sp³-hybridized carbons (Fsp3) is 0.500. The van der Waals surface area contributed by atoms with E-state index in [1.165, 1.54) is 0 Å². The monoisotopic (exact) mass is 165 g/mol. The minimum Gasteiger partial charge on any atom is -0.392 e. The number of aliphatic hydroxyl groups is 1. The maximum absolute atomic E-state index is 9.05. The SMILES string of the molecule is CC(C)(C)c1cnccc1CO. The van der Waals surface area contributed by atoms with Crippen molar-refractivity contribution in [1.29, 1.82) is 0 Å². The maximum Gasteiger partial charge on any atom is 0.0685 e. The average Bonchev–Trinajstić information content (AvgIpc) is 2.03. The highest BCUT2D eigenvalue weighted by atomic mass is 16.3. The van der Waals surface area contributed by atoms with Crippen molar-refractivity contribution in [3.05, 3.63) is 29.6 Å². The average molecular weight is 165 g/mol. The second kappa shape index (κ2) is 3.23. The zero-order chi connectivity index (χ0) is 9.19. The van der Waals surface area contributed by atoms with Gasteiger partial charge in [0.15, 0.2) is 0 Å². The van der Waals surface area contributed by atoms with Gasteiger partial charge in [0.05, 0.1) is 6.61 Å². The first-order chi connectivity index (χ1) is 5.55. The lowest BCUT2D eigenvalue weighted by Crippen LogP contribution is -2.14. The molecule has 2 nitrogen and oxygen atoms in total. The minimum atomic E-state index is 0.0618. The molecule has 0 aliphatic rings. The zero-order valence-electron chi connectivity index (χ0n) is 7.83. The smallest absolute Gasteiger partial charge is 0.0685 e. The van der Waals surface area contributed by atoms with E-state index in [4.69, 9.17) is 5.11 Å². The van der Waals surface area contributed by atoms with Crippen LogP contribution < -0.4 is 0 Å². The molecule has 0 radical (unpaired) electrons. The molecule has 1 aromatic rings. The molecule has 0 unspecified atom stereocenters. The van der Waals surface area contributed by atoms with Crippen LogP contribution in [0.1, 0.15) is 31.9 Å². The summed E-state index contributed by atoms with van der Waals surface area (Å²) in [7, 11) is 0. The third-order valence-corrected chi connectivity index (χ3v) is 1.89. The van der Waals surface area contributed by atoms with Crippen LogP contribution in [-0.2, 0) is 12.0 Å². The summed E-state index contributed by atoms with van der Waals surface area (Å²) in [4.78, 5) is 4.05. The highest BCUT2D eigenvalue weighted by Gasteiger charge is 2.16. The van der Waals surface area contributed by atoms with Gasteiger partial charge in [-0.3, -0.25) is 4.98 Å². The molecule has 0 atom stereocenters. The standard InChI is InChI=1S/C10H15NO/c1-10(2,3)9-6-11-5-4-8(9)7-12/h4-6,12H,7H2,1-3H3. The van der Waals surface area contributed by atoms with Gasteiger partial charge in [0, 0.05) is 12.4 Å². The quantitative estimate of drug-likeness (QED) is 0.689. The summed E-state index contributed by atoms with van der Waals surface area (Å²) >= 11 is 0. The number of rotatable bonds is 1. The maximum atomic E-state index is 9.05. The lowest BCUT2D eigenvalue weighted by atomic mass is 9.85. The first-order valence-corrected chi connectivity index (χ1v) is 4.10. The molecular weight excluding hydrogens is 150 g/mol. The van der Waals surface area contributed by atoms with Gasteiger partial charge in [-0.15, -0.1) is 0 Å². The van der Waals surface area contributed by atoms with Crippen LogP contribution >= 0.6 is 0 Å². The third kappa shape index (κ3) is 1.83. The molecular formula is C10H15NO. The van der Waals surface area contributed by atoms with E-state index in [1.807, 2.05) is 12.3 Å². The molecule has 2 heteroatoms. The van der Waals surface area contributed by atoms with Gasteiger partial charge in [-0.05, 0) is 22.6 Å². The van der Waals surface area contributed by atoms with Gasteiger partial charge < -0.3 is 5.11 Å². The Bertz CT molecular complexity index is 263. The van der Waals surface area contributed by atoms with Crippen molar-refractivity contribution in [2.24, 2.45) is 0 Å². The van der Waals surface area contributed by atoms with Crippen molar-refractivity contribution in [1.82, 2.24) is 4.98 Å². The molecule has 0 bridgehead atoms. The highest BCUT2D eigenvalue weighted by Crippen LogP contribution is 2.24. The van der Waals surface area contributed by atoms with Crippen LogP contribution in [0.5, 0.6) is 0 Å². The van der Waals surface area contributed by atoms with Gasteiger partial charge >= 0.3 is 0 Å². The normalized spacial score (nSPS) is 11.7. The van der Waals surface area contributed by atoms with E-state index in [9.17, 15) is 0 Å². The van der Waals surface area contributed by atoms with Crippen LogP contribution in [-0.4, -0.2) is 10.1 Å². The van der Waals surface area contributed by atoms with Crippen LogP contribution in [0, 0.1) is 0 Å². The van der Waals surface area contributed by atoms with Gasteiger partial charge in [0.25, 0.3) is 0 Å². The molecule has 0 saturated carbocycles. The van der Waals surface area contributed by atoms with E-state index in [2.05, 4.69) is 25.8 Å². The van der Waals surface area contributed by atoms with Gasteiger partial charge in [-0.1, -0.05) is 20.8 Å². The lowest BCUT2D eigenvalue weighted by Gasteiger charge is -2.21. The molecule has 0 spiro atoms. The minimum absolute atomic E-state index is 0.0618. The summed E-state index contributed by atoms with van der Waals surface area (Å²) in [5, 5.41) is 9.05. The van der Waals surface area contributed by atoms with E-state index < -0.39 is 0 Å². The van der Waals surface area contributed by atoms with E-state index >= 15 is 0 Å². The van der Waals surface area contributed by atoms with Crippen molar-refractivity contribution in [3.63, 3.8) is 0 Å². The fourth-order valence-electron chi connectivity index (χ4n) is 1.24. The molecule has 12 heavy (non-hydrogen) atoms. The largest absolute Gasteiger partial charge is 0.392 e. The molecule has 1 heterocycles. The van der Waals surface area contributed by atoms with Crippen LogP contribution in [0.4, 0.5) is 0 Å². The number of nitrogens with zero attached hydrogens (tertiary/aromatic N) is 1. The molecule has 0 aliphatic heterocycles. The second-order valence-electron chi connectivity index (χ2n) is 3.94. The Morgan fingerprint density at radius 1 is 1.42 bits per heavy atom. The van der Waals surface area contributed by atoms with Gasteiger partial charge in [-0.2, -0.15) is 0 Å². The van der Waals surface area contributed by atoms with Gasteiger partial charge in [0.1, 0.15) is 0 Å². The summed E-state index contributed by atoms with van der Waals surface area (Å²) in [5.41, 5.74) is 2.15. The molecule has 0 saturated heterocycles. The predicted molar refractivity (Wildman–Crippen MR) is 48.9 cm³/mol. The number of hydrogen-bond acceptors (Lipinski definition) is 2. The highest BCUT2D eigenvalue weighted by molar-refractivity contribution is 5.28. The Kier molecular flexibility index (Phi) is 2.48. The number of aliphatic hydroxyl groups excluding tert-OH is 1. The molecule has 66 valence electrons. The Balaban J connectivity index is 3.14. The van der Waals surface area contributed by atoms with Crippen LogP contribution in [0.15, 0.2) is 18.5 Å². The Labute approximate surface area is 73.3 Å². The van der Waals surface area contributed by atoms with Crippen molar-refractivity contribution >= 4 is 0 Å². The Morgan fingerprint density at radius 2 is 2.08 bits per heavy atom. The van der Waals surface area contributed by atoms with Crippen molar-refractivity contribution < 1.29 is 5.11 Å². The predicted octanol–water partition coefficient (Wildman–Crippen LogP) is 1.87. The van der Waals surface area contributed by atoms with E-state index in [-0.39, 0.29) is 12.0 Å². The zero-order valence-corrected chi connectivity index (χ0v) is 7.83. The topological polar surface area (TPSA) is 33.1 Å². The number of hydrogen-bond donors (Lipinski definition) is 1. The van der Waals surface area contributed by atoms with Crippen LogP contribution in [0.2, 0.25) is 0 Å². The van der Waals surface area contributed by atoms with Crippen molar-refractivity contribution in [2.45, 2.75) is 32.8 Å². The lowest BCUT2D eigenvalue weighted by molar-refractivity contribution is 0.278. The van der Waals surface area contributed by atoms with Crippen molar-refractivity contribution in [2.75, 3.05) is 0 Å². The number of aromatic nitrogens is 1. The first kappa shape index (κ1) is 9.20. The second-order valence-corrected chi connectivity index (χ2v) is 3.94. The van der Waals surface area contributed by atoms with E-state index in [0.717, 1.165) is 11.1 Å². The molecule has 0 fully saturated rings. The summed E-state index contributed by atoms with van der Waals surface area (Å²) in [6, 6.07) is 1.86. The molecule has 1 rings (SSSR count). The molecule has 0 aromatic carbocycles. The molecule has 1 N–H and O–H groups in total. The van der Waals surface area contributed by atoms with Gasteiger partial charge in [-0.25, -0.2) is 0 Å². The van der Waals surface area contributed by atoms with Crippen LogP contribution in [0.3, 0.4) is 0 Å². The summed E-state index contributed by atoms with van der Waals surface area (Å²) < 4.78 is 0. The van der Waals surface area contributed by atoms with Gasteiger partial charge in [0.2, 0.25) is 0 Å². The third-order valence-electron chi connectivity index (χ3n) is 1.89. The fourth-order valence-corrected chi connectivity index (χ4v) is 1.24. The summed E-state index contributed by atoms with van der Waals surface area (Å²) in [6.07, 6.45) is 3.53. The van der Waals surface area contributed by atoms with Crippen molar-refractivity contribution in [3.8, 4) is 0 Å². The first-order valence-electron chi connectivity index (χ1n) is 4.10. The number of pyridine rings is 1. The summed E-state index contributed by atoms with van der Waals surface area (Å²) in [5.74, 6) is 0. The Morgan fingerprint density at radius 3 is 2.50 bits per heavy atom. The van der Waals surface area contributed by atoms with E-state index in [1.54, 1.807) is 6.20 Å². The van der Waals surface area contributed by atoms with Crippen LogP contribution in [0.25, 0.3) is 0 Å². The van der Waals surface area contributed by atoms with E-state index in [0.29, 0.717) is 0 Å². The molecule has 0 amide bonds. The summed E-state index contributed by atoms with van der Waals surface area (Å²) in [6.45, 7) is 6.44. The Hall–Kier alpha value is -0.890. The molecule has 0 aliphatic carbocycles. The molecule has 1 aromatic heterocycles.